The van der Waals surface area contributed by atoms with E-state index in [1.54, 1.807) is 0 Å². The molecule has 0 radical (unpaired) electrons. The van der Waals surface area contributed by atoms with Crippen molar-refractivity contribution in [3.8, 4) is 50.4 Å². The van der Waals surface area contributed by atoms with Crippen LogP contribution in [-0.4, -0.2) is 13.7 Å². The van der Waals surface area contributed by atoms with Gasteiger partial charge < -0.3 is 13.7 Å². The zero-order chi connectivity index (χ0) is 43.2. The monoisotopic (exact) mass is 829 g/mol. The minimum Gasteiger partial charge on any atom is -0.309 e. The molecule has 0 saturated carbocycles. The molecule has 0 amide bonds. The Balaban J connectivity index is 1.03. The van der Waals surface area contributed by atoms with Gasteiger partial charge in [0.25, 0.3) is 0 Å². The molecule has 3 nitrogen and oxygen atoms in total. The lowest BCUT2D eigenvalue weighted by atomic mass is 9.97. The number of aromatic nitrogens is 3. The van der Waals surface area contributed by atoms with Gasteiger partial charge in [0.2, 0.25) is 0 Å². The molecule has 0 unspecified atom stereocenters. The van der Waals surface area contributed by atoms with Crippen LogP contribution in [0.25, 0.3) is 116 Å². The summed E-state index contributed by atoms with van der Waals surface area (Å²) < 4.78 is 7.37. The third kappa shape index (κ3) is 5.90. The summed E-state index contributed by atoms with van der Waals surface area (Å²) in [6, 6.07) is 82.9. The first-order chi connectivity index (χ1) is 32.1. The molecule has 13 aromatic rings. The van der Waals surface area contributed by atoms with Crippen LogP contribution < -0.4 is 0 Å². The van der Waals surface area contributed by atoms with Gasteiger partial charge in [-0.05, 0) is 127 Å². The fourth-order valence-corrected chi connectivity index (χ4v) is 10.5. The van der Waals surface area contributed by atoms with E-state index in [1.165, 1.54) is 104 Å². The Morgan fingerprint density at radius 2 is 0.692 bits per heavy atom. The Morgan fingerprint density at radius 1 is 0.246 bits per heavy atom. The first-order valence-corrected chi connectivity index (χ1v) is 22.5. The van der Waals surface area contributed by atoms with Gasteiger partial charge in [-0.3, -0.25) is 0 Å². The molecule has 0 aliphatic carbocycles. The van der Waals surface area contributed by atoms with Gasteiger partial charge in [-0.2, -0.15) is 0 Å². The number of nitrogens with zero attached hydrogens (tertiary/aromatic N) is 3. The SMILES string of the molecule is Cc1ccc2c(c1)c1cc(C)ccc1n2-c1ccc2c(c1)c1ccccc1n2-c1cc(-c2ccccc2)ccc1-c1cccc(-n2c3ccccc3c3cc(-c4ccccc4)ccc32)c1. The van der Waals surface area contributed by atoms with Gasteiger partial charge >= 0.3 is 0 Å². The summed E-state index contributed by atoms with van der Waals surface area (Å²) in [6.45, 7) is 4.37. The van der Waals surface area contributed by atoms with Crippen LogP contribution in [0.1, 0.15) is 11.1 Å². The van der Waals surface area contributed by atoms with E-state index in [1.807, 2.05) is 0 Å². The van der Waals surface area contributed by atoms with Crippen LogP contribution in [0.5, 0.6) is 0 Å². The Hall–Kier alpha value is -8.40. The van der Waals surface area contributed by atoms with Gasteiger partial charge in [0.15, 0.2) is 0 Å². The second-order valence-electron chi connectivity index (χ2n) is 17.5. The van der Waals surface area contributed by atoms with Crippen molar-refractivity contribution < 1.29 is 0 Å². The van der Waals surface area contributed by atoms with E-state index in [2.05, 4.69) is 252 Å². The summed E-state index contributed by atoms with van der Waals surface area (Å²) in [5.41, 5.74) is 20.2. The molecule has 0 aliphatic rings. The number of rotatable bonds is 6. The van der Waals surface area contributed by atoms with Crippen molar-refractivity contribution in [2.45, 2.75) is 13.8 Å². The standard InChI is InChI=1S/C62H43N3/c1-40-24-30-58-52(34-40)53-35-41(2)25-31-59(53)64(58)48-28-33-61-55(39-48)51-21-10-12-23-57(51)65(61)62-38-45(43-16-7-4-8-17-43)26-29-49(62)46-18-13-19-47(36-46)63-56-22-11-9-20-50(56)54-37-44(27-32-60(54)63)42-14-5-3-6-15-42/h3-39H,1-2H3. The summed E-state index contributed by atoms with van der Waals surface area (Å²) in [5.74, 6) is 0. The second kappa shape index (κ2) is 14.6. The van der Waals surface area contributed by atoms with Crippen molar-refractivity contribution in [3.63, 3.8) is 0 Å². The van der Waals surface area contributed by atoms with Crippen molar-refractivity contribution in [2.75, 3.05) is 0 Å². The zero-order valence-electron chi connectivity index (χ0n) is 36.2. The molecule has 3 heteroatoms. The van der Waals surface area contributed by atoms with E-state index in [0.29, 0.717) is 0 Å². The zero-order valence-corrected chi connectivity index (χ0v) is 36.2. The van der Waals surface area contributed by atoms with E-state index < -0.39 is 0 Å². The number of para-hydroxylation sites is 2. The van der Waals surface area contributed by atoms with Gasteiger partial charge in [-0.1, -0.05) is 151 Å². The van der Waals surface area contributed by atoms with Gasteiger partial charge in [0.05, 0.1) is 38.8 Å². The predicted molar refractivity (Wildman–Crippen MR) is 275 cm³/mol. The molecule has 3 aromatic heterocycles. The highest BCUT2D eigenvalue weighted by Crippen LogP contribution is 2.42. The lowest BCUT2D eigenvalue weighted by molar-refractivity contribution is 1.16. The van der Waals surface area contributed by atoms with Crippen LogP contribution in [-0.2, 0) is 0 Å². The minimum absolute atomic E-state index is 1.13. The molecule has 0 fully saturated rings. The quantitative estimate of drug-likeness (QED) is 0.159. The van der Waals surface area contributed by atoms with Gasteiger partial charge in [-0.15, -0.1) is 0 Å². The van der Waals surface area contributed by atoms with Crippen LogP contribution in [0.2, 0.25) is 0 Å². The smallest absolute Gasteiger partial charge is 0.0546 e. The fraction of sp³-hybridized carbons (Fsp3) is 0.0323. The Bertz CT molecular complexity index is 3950. The normalized spacial score (nSPS) is 11.8. The van der Waals surface area contributed by atoms with Crippen molar-refractivity contribution in [3.05, 3.63) is 236 Å². The molecule has 3 heterocycles. The lowest BCUT2D eigenvalue weighted by Gasteiger charge is -2.18. The van der Waals surface area contributed by atoms with Crippen LogP contribution in [0.4, 0.5) is 0 Å². The van der Waals surface area contributed by atoms with E-state index >= 15 is 0 Å². The Morgan fingerprint density at radius 3 is 1.34 bits per heavy atom. The third-order valence-electron chi connectivity index (χ3n) is 13.5. The highest BCUT2D eigenvalue weighted by Gasteiger charge is 2.21. The largest absolute Gasteiger partial charge is 0.309 e. The second-order valence-corrected chi connectivity index (χ2v) is 17.5. The van der Waals surface area contributed by atoms with Crippen LogP contribution in [0, 0.1) is 13.8 Å². The summed E-state index contributed by atoms with van der Waals surface area (Å²) in [7, 11) is 0. The number of hydrogen-bond acceptors (Lipinski definition) is 0. The summed E-state index contributed by atoms with van der Waals surface area (Å²) >= 11 is 0. The molecule has 13 rings (SSSR count). The van der Waals surface area contributed by atoms with E-state index in [9.17, 15) is 0 Å². The summed E-state index contributed by atoms with van der Waals surface area (Å²) in [6.07, 6.45) is 0. The van der Waals surface area contributed by atoms with Crippen LogP contribution in [0.3, 0.4) is 0 Å². The maximum Gasteiger partial charge on any atom is 0.0546 e. The van der Waals surface area contributed by atoms with Crippen molar-refractivity contribution in [1.29, 1.82) is 0 Å². The third-order valence-corrected chi connectivity index (χ3v) is 13.5. The van der Waals surface area contributed by atoms with Gasteiger partial charge in [0.1, 0.15) is 0 Å². The lowest BCUT2D eigenvalue weighted by Crippen LogP contribution is -2.00. The first kappa shape index (κ1) is 37.2. The molecule has 306 valence electrons. The van der Waals surface area contributed by atoms with E-state index in [-0.39, 0.29) is 0 Å². The fourth-order valence-electron chi connectivity index (χ4n) is 10.5. The number of benzene rings is 10. The predicted octanol–water partition coefficient (Wildman–Crippen LogP) is 16.6. The maximum atomic E-state index is 2.49. The molecular formula is C62H43N3. The van der Waals surface area contributed by atoms with Crippen LogP contribution in [0.15, 0.2) is 224 Å². The topological polar surface area (TPSA) is 14.8 Å². The highest BCUT2D eigenvalue weighted by atomic mass is 15.0. The maximum absolute atomic E-state index is 2.49. The molecule has 10 aromatic carbocycles. The molecule has 0 saturated heterocycles. The highest BCUT2D eigenvalue weighted by molar-refractivity contribution is 6.13. The number of aryl methyl sites for hydroxylation is 2. The average Bonchev–Trinajstić information content (AvgIpc) is 3.99. The van der Waals surface area contributed by atoms with Gasteiger partial charge in [0, 0.05) is 49.3 Å². The Kier molecular flexibility index (Phi) is 8.34. The summed E-state index contributed by atoms with van der Waals surface area (Å²) in [5, 5.41) is 7.51. The number of hydrogen-bond donors (Lipinski definition) is 0. The molecule has 0 aliphatic heterocycles. The van der Waals surface area contributed by atoms with Crippen LogP contribution >= 0.6 is 0 Å². The molecule has 0 spiro atoms. The molecule has 0 atom stereocenters. The van der Waals surface area contributed by atoms with E-state index in [4.69, 9.17) is 0 Å². The molecule has 0 N–H and O–H groups in total. The average molecular weight is 830 g/mol. The number of fused-ring (bicyclic) bond motifs is 9. The molecular weight excluding hydrogens is 787 g/mol. The van der Waals surface area contributed by atoms with Crippen molar-refractivity contribution >= 4 is 65.4 Å². The van der Waals surface area contributed by atoms with Crippen molar-refractivity contribution in [1.82, 2.24) is 13.7 Å². The first-order valence-electron chi connectivity index (χ1n) is 22.5. The molecule has 65 heavy (non-hydrogen) atoms. The van der Waals surface area contributed by atoms with E-state index in [0.717, 1.165) is 22.6 Å². The molecule has 0 bridgehead atoms. The summed E-state index contributed by atoms with van der Waals surface area (Å²) in [4.78, 5) is 0. The van der Waals surface area contributed by atoms with Crippen molar-refractivity contribution in [2.24, 2.45) is 0 Å². The Labute approximate surface area is 377 Å². The minimum atomic E-state index is 1.13. The van der Waals surface area contributed by atoms with Gasteiger partial charge in [-0.25, -0.2) is 0 Å².